The van der Waals surface area contributed by atoms with Crippen molar-refractivity contribution in [3.05, 3.63) is 125 Å². The van der Waals surface area contributed by atoms with Gasteiger partial charge in [-0.25, -0.2) is 9.97 Å². The van der Waals surface area contributed by atoms with E-state index in [0.29, 0.717) is 0 Å². The summed E-state index contributed by atoms with van der Waals surface area (Å²) in [6.07, 6.45) is 0. The fourth-order valence-corrected chi connectivity index (χ4v) is 8.94. The van der Waals surface area contributed by atoms with Gasteiger partial charge in [-0.05, 0) is 68.6 Å². The van der Waals surface area contributed by atoms with E-state index in [9.17, 15) is 0 Å². The Morgan fingerprint density at radius 3 is 2.14 bits per heavy atom. The predicted octanol–water partition coefficient (Wildman–Crippen LogP) is 10.9. The van der Waals surface area contributed by atoms with E-state index in [1.54, 1.807) is 0 Å². The van der Waals surface area contributed by atoms with E-state index < -0.39 is 0 Å². The number of fused-ring (bicyclic) bond motifs is 15. The molecule has 0 bridgehead atoms. The predicted molar refractivity (Wildman–Crippen MR) is 187 cm³/mol. The average molecular weight is 582 g/mol. The van der Waals surface area contributed by atoms with E-state index in [1.807, 2.05) is 11.3 Å². The molecule has 0 N–H and O–H groups in total. The zero-order valence-electron chi connectivity index (χ0n) is 24.6. The molecule has 9 aromatic rings. The maximum atomic E-state index is 5.42. The Labute approximate surface area is 258 Å². The van der Waals surface area contributed by atoms with Gasteiger partial charge in [-0.3, -0.25) is 4.57 Å². The van der Waals surface area contributed by atoms with Gasteiger partial charge in [0.2, 0.25) is 5.95 Å². The summed E-state index contributed by atoms with van der Waals surface area (Å²) >= 11 is 1.81. The number of hydrogen-bond donors (Lipinski definition) is 0. The number of nitrogens with zero attached hydrogens (tertiary/aromatic N) is 3. The second-order valence-electron chi connectivity index (χ2n) is 12.6. The third-order valence-electron chi connectivity index (χ3n) is 9.95. The first-order valence-electron chi connectivity index (χ1n) is 15.2. The molecule has 0 atom stereocenters. The van der Waals surface area contributed by atoms with Gasteiger partial charge < -0.3 is 0 Å². The molecule has 0 aliphatic heterocycles. The van der Waals surface area contributed by atoms with Crippen LogP contribution in [0.2, 0.25) is 0 Å². The summed E-state index contributed by atoms with van der Waals surface area (Å²) in [7, 11) is 0. The van der Waals surface area contributed by atoms with Crippen LogP contribution in [0.3, 0.4) is 0 Å². The molecule has 3 nitrogen and oxygen atoms in total. The van der Waals surface area contributed by atoms with Crippen LogP contribution in [0.1, 0.15) is 30.7 Å². The largest absolute Gasteiger partial charge is 0.278 e. The number of thiophene rings is 1. The minimum absolute atomic E-state index is 0.243. The monoisotopic (exact) mass is 581 g/mol. The second-order valence-corrected chi connectivity index (χ2v) is 13.6. The van der Waals surface area contributed by atoms with Crippen molar-refractivity contribution in [2.45, 2.75) is 26.2 Å². The molecule has 6 aromatic carbocycles. The Bertz CT molecular complexity index is 2710. The molecule has 4 heteroatoms. The van der Waals surface area contributed by atoms with Crippen LogP contribution < -0.4 is 0 Å². The lowest BCUT2D eigenvalue weighted by molar-refractivity contribution is 0.673. The number of aromatic nitrogens is 3. The second kappa shape index (κ2) is 8.31. The van der Waals surface area contributed by atoms with Crippen molar-refractivity contribution in [3.63, 3.8) is 0 Å². The summed E-state index contributed by atoms with van der Waals surface area (Å²) in [5.41, 5.74) is 8.19. The first-order valence-corrected chi connectivity index (χ1v) is 16.1. The number of rotatable bonds is 1. The highest BCUT2D eigenvalue weighted by molar-refractivity contribution is 7.17. The van der Waals surface area contributed by atoms with Crippen LogP contribution in [0.25, 0.3) is 81.4 Å². The molecule has 0 spiro atoms. The van der Waals surface area contributed by atoms with Crippen molar-refractivity contribution < 1.29 is 0 Å². The van der Waals surface area contributed by atoms with E-state index in [0.717, 1.165) is 33.4 Å². The summed E-state index contributed by atoms with van der Waals surface area (Å²) in [5.74, 6) is 0.730. The Morgan fingerprint density at radius 2 is 1.32 bits per heavy atom. The van der Waals surface area contributed by atoms with Crippen molar-refractivity contribution in [3.8, 4) is 17.2 Å². The summed E-state index contributed by atoms with van der Waals surface area (Å²) in [4.78, 5) is 10.7. The fourth-order valence-electron chi connectivity index (χ4n) is 8.15. The normalized spacial score (nSPS) is 14.0. The van der Waals surface area contributed by atoms with Crippen LogP contribution in [0.5, 0.6) is 0 Å². The quantitative estimate of drug-likeness (QED) is 0.181. The van der Waals surface area contributed by atoms with Crippen molar-refractivity contribution >= 4 is 75.5 Å². The van der Waals surface area contributed by atoms with Crippen molar-refractivity contribution in [2.24, 2.45) is 0 Å². The van der Waals surface area contributed by atoms with Crippen LogP contribution in [0.15, 0.2) is 109 Å². The standard InChI is InChI=1S/C40H27N3S/c1-22-24-17-16-23-10-4-5-11-25(23)37(24)42-39(41-22)43-31-18-19-32-30(20-21-44-32)33(31)36-38(43)34-28-14-8-6-12-26(28)27-13-7-9-15-29(27)35(34)40(36,2)3/h4-21H,1-3H3. The first-order chi connectivity index (χ1) is 21.5. The van der Waals surface area contributed by atoms with E-state index in [4.69, 9.17) is 9.97 Å². The van der Waals surface area contributed by atoms with Crippen LogP contribution >= 0.6 is 11.3 Å². The van der Waals surface area contributed by atoms with Gasteiger partial charge in [0.05, 0.1) is 22.4 Å². The molecule has 3 heterocycles. The zero-order chi connectivity index (χ0) is 29.3. The minimum Gasteiger partial charge on any atom is -0.278 e. The molecule has 1 aliphatic rings. The first kappa shape index (κ1) is 24.4. The van der Waals surface area contributed by atoms with Gasteiger partial charge in [0, 0.05) is 37.2 Å². The van der Waals surface area contributed by atoms with Gasteiger partial charge in [0.15, 0.2) is 0 Å². The van der Waals surface area contributed by atoms with Crippen LogP contribution in [0.4, 0.5) is 0 Å². The molecule has 1 aliphatic carbocycles. The third kappa shape index (κ3) is 2.92. The van der Waals surface area contributed by atoms with Gasteiger partial charge >= 0.3 is 0 Å². The number of benzene rings is 6. The summed E-state index contributed by atoms with van der Waals surface area (Å²) in [6, 6.07) is 37.6. The van der Waals surface area contributed by atoms with E-state index >= 15 is 0 Å². The molecule has 0 amide bonds. The van der Waals surface area contributed by atoms with E-state index in [1.165, 1.54) is 64.8 Å². The van der Waals surface area contributed by atoms with E-state index in [-0.39, 0.29) is 5.41 Å². The molecule has 0 saturated carbocycles. The Kier molecular flexibility index (Phi) is 4.61. The molecule has 0 saturated heterocycles. The van der Waals surface area contributed by atoms with Crippen molar-refractivity contribution in [1.29, 1.82) is 0 Å². The molecular weight excluding hydrogens is 555 g/mol. The molecule has 3 aromatic heterocycles. The maximum absolute atomic E-state index is 5.42. The van der Waals surface area contributed by atoms with Crippen LogP contribution in [-0.4, -0.2) is 14.5 Å². The number of aryl methyl sites for hydroxylation is 1. The average Bonchev–Trinajstić information content (AvgIpc) is 3.72. The highest BCUT2D eigenvalue weighted by Gasteiger charge is 2.44. The SMILES string of the molecule is Cc1nc(-n2c3c(c4c5ccsc5ccc42)C(C)(C)c2c-3c3ccccc3c3ccccc23)nc2c1ccc1ccccc12. The molecule has 208 valence electrons. The van der Waals surface area contributed by atoms with Gasteiger partial charge in [-0.15, -0.1) is 11.3 Å². The van der Waals surface area contributed by atoms with E-state index in [2.05, 4.69) is 134 Å². The fraction of sp³-hybridized carbons (Fsp3) is 0.100. The van der Waals surface area contributed by atoms with Crippen LogP contribution in [-0.2, 0) is 5.41 Å². The van der Waals surface area contributed by atoms with Gasteiger partial charge in [0.1, 0.15) is 0 Å². The highest BCUT2D eigenvalue weighted by Crippen LogP contribution is 2.59. The minimum atomic E-state index is -0.243. The Balaban J connectivity index is 1.46. The Morgan fingerprint density at radius 1 is 0.614 bits per heavy atom. The third-order valence-corrected chi connectivity index (χ3v) is 10.8. The summed E-state index contributed by atoms with van der Waals surface area (Å²) in [6.45, 7) is 6.94. The lowest BCUT2D eigenvalue weighted by Gasteiger charge is -2.24. The van der Waals surface area contributed by atoms with Crippen molar-refractivity contribution in [1.82, 2.24) is 14.5 Å². The highest BCUT2D eigenvalue weighted by atomic mass is 32.1. The molecule has 44 heavy (non-hydrogen) atoms. The molecular formula is C40H27N3S. The van der Waals surface area contributed by atoms with Gasteiger partial charge in [-0.1, -0.05) is 98.8 Å². The lowest BCUT2D eigenvalue weighted by atomic mass is 9.78. The summed E-state index contributed by atoms with van der Waals surface area (Å²) in [5, 5.41) is 13.5. The smallest absolute Gasteiger partial charge is 0.235 e. The maximum Gasteiger partial charge on any atom is 0.235 e. The zero-order valence-corrected chi connectivity index (χ0v) is 25.5. The lowest BCUT2D eigenvalue weighted by Crippen LogP contribution is -2.15. The van der Waals surface area contributed by atoms with Gasteiger partial charge in [-0.2, -0.15) is 0 Å². The molecule has 10 rings (SSSR count). The Hall–Kier alpha value is -5.06. The summed E-state index contributed by atoms with van der Waals surface area (Å²) < 4.78 is 3.69. The molecule has 0 radical (unpaired) electrons. The van der Waals surface area contributed by atoms with Crippen LogP contribution in [0, 0.1) is 6.92 Å². The van der Waals surface area contributed by atoms with Crippen molar-refractivity contribution in [2.75, 3.05) is 0 Å². The molecule has 0 fully saturated rings. The number of hydrogen-bond acceptors (Lipinski definition) is 3. The van der Waals surface area contributed by atoms with Gasteiger partial charge in [0.25, 0.3) is 0 Å². The molecule has 0 unspecified atom stereocenters. The topological polar surface area (TPSA) is 30.7 Å².